The summed E-state index contributed by atoms with van der Waals surface area (Å²) in [6, 6.07) is 0. The highest BCUT2D eigenvalue weighted by atomic mass is 16.5. The Hall–Kier alpha value is -0.730. The summed E-state index contributed by atoms with van der Waals surface area (Å²) in [6.45, 7) is 8.16. The van der Waals surface area contributed by atoms with Crippen LogP contribution in [0.3, 0.4) is 0 Å². The van der Waals surface area contributed by atoms with Crippen LogP contribution in [-0.4, -0.2) is 18.2 Å². The highest BCUT2D eigenvalue weighted by molar-refractivity contribution is 5.68. The van der Waals surface area contributed by atoms with E-state index >= 15 is 0 Å². The van der Waals surface area contributed by atoms with Gasteiger partial charge in [-0.05, 0) is 27.2 Å². The largest absolute Gasteiger partial charge is 0.450 e. The van der Waals surface area contributed by atoms with E-state index in [0.29, 0.717) is 6.61 Å². The molecule has 0 saturated heterocycles. The van der Waals surface area contributed by atoms with Gasteiger partial charge in [-0.1, -0.05) is 6.92 Å². The quantitative estimate of drug-likeness (QED) is 0.683. The van der Waals surface area contributed by atoms with Crippen LogP contribution in [-0.2, 0) is 4.74 Å². The van der Waals surface area contributed by atoms with Gasteiger partial charge < -0.3 is 10.1 Å². The van der Waals surface area contributed by atoms with E-state index in [0.717, 1.165) is 6.42 Å². The molecule has 1 amide bonds. The standard InChI is InChI=1S/C8H17NO2/c1-5-8(3,4)9-7(10)11-6-2/h5-6H2,1-4H3,(H,9,10). The van der Waals surface area contributed by atoms with E-state index in [1.54, 1.807) is 6.92 Å². The second-order valence-electron chi connectivity index (χ2n) is 3.08. The number of carbonyl (C=O) groups is 1. The number of amides is 1. The number of rotatable bonds is 3. The van der Waals surface area contributed by atoms with Gasteiger partial charge in [-0.25, -0.2) is 4.79 Å². The molecule has 0 radical (unpaired) electrons. The van der Waals surface area contributed by atoms with Crippen molar-refractivity contribution in [2.24, 2.45) is 0 Å². The molecule has 0 bridgehead atoms. The van der Waals surface area contributed by atoms with Crippen LogP contribution in [0.25, 0.3) is 0 Å². The predicted octanol–water partition coefficient (Wildman–Crippen LogP) is 1.92. The zero-order valence-electron chi connectivity index (χ0n) is 7.73. The molecule has 0 aliphatic rings. The Bertz CT molecular complexity index is 132. The van der Waals surface area contributed by atoms with E-state index in [4.69, 9.17) is 4.74 Å². The SMILES string of the molecule is CCOC(=O)NC(C)(C)CC. The molecule has 0 unspecified atom stereocenters. The van der Waals surface area contributed by atoms with Crippen molar-refractivity contribution in [1.29, 1.82) is 0 Å². The molecule has 0 aliphatic carbocycles. The molecule has 11 heavy (non-hydrogen) atoms. The fourth-order valence-corrected chi connectivity index (χ4v) is 0.532. The number of nitrogens with one attached hydrogen (secondary N) is 1. The van der Waals surface area contributed by atoms with Gasteiger partial charge in [0.1, 0.15) is 0 Å². The molecule has 0 aliphatic heterocycles. The van der Waals surface area contributed by atoms with Gasteiger partial charge in [0.2, 0.25) is 0 Å². The van der Waals surface area contributed by atoms with Crippen LogP contribution in [0.1, 0.15) is 34.1 Å². The third kappa shape index (κ3) is 4.65. The van der Waals surface area contributed by atoms with Gasteiger partial charge in [-0.2, -0.15) is 0 Å². The van der Waals surface area contributed by atoms with Gasteiger partial charge in [0.15, 0.2) is 0 Å². The average molecular weight is 159 g/mol. The summed E-state index contributed by atoms with van der Waals surface area (Å²) in [7, 11) is 0. The van der Waals surface area contributed by atoms with Gasteiger partial charge in [0, 0.05) is 5.54 Å². The molecule has 0 aromatic carbocycles. The predicted molar refractivity (Wildman–Crippen MR) is 44.5 cm³/mol. The zero-order valence-corrected chi connectivity index (χ0v) is 7.73. The maximum Gasteiger partial charge on any atom is 0.407 e. The van der Waals surface area contributed by atoms with Crippen LogP contribution in [0.4, 0.5) is 4.79 Å². The molecule has 3 nitrogen and oxygen atoms in total. The van der Waals surface area contributed by atoms with Crippen molar-refractivity contribution in [3.8, 4) is 0 Å². The van der Waals surface area contributed by atoms with Crippen LogP contribution >= 0.6 is 0 Å². The molecule has 0 rings (SSSR count). The van der Waals surface area contributed by atoms with Gasteiger partial charge in [-0.3, -0.25) is 0 Å². The number of hydrogen-bond donors (Lipinski definition) is 1. The Morgan fingerprint density at radius 1 is 1.45 bits per heavy atom. The van der Waals surface area contributed by atoms with Crippen molar-refractivity contribution in [1.82, 2.24) is 5.32 Å². The normalized spacial score (nSPS) is 10.9. The molecule has 0 heterocycles. The van der Waals surface area contributed by atoms with Crippen molar-refractivity contribution in [2.45, 2.75) is 39.7 Å². The minimum Gasteiger partial charge on any atom is -0.450 e. The number of carbonyl (C=O) groups excluding carboxylic acids is 1. The van der Waals surface area contributed by atoms with E-state index in [1.165, 1.54) is 0 Å². The molecule has 66 valence electrons. The third-order valence-electron chi connectivity index (χ3n) is 1.60. The average Bonchev–Trinajstić information content (AvgIpc) is 1.87. The van der Waals surface area contributed by atoms with Crippen molar-refractivity contribution in [3.05, 3.63) is 0 Å². The number of ether oxygens (including phenoxy) is 1. The monoisotopic (exact) mass is 159 g/mol. The fourth-order valence-electron chi connectivity index (χ4n) is 0.532. The van der Waals surface area contributed by atoms with Crippen LogP contribution in [0.2, 0.25) is 0 Å². The molecule has 0 saturated carbocycles. The van der Waals surface area contributed by atoms with Gasteiger partial charge in [0.05, 0.1) is 6.61 Å². The summed E-state index contributed by atoms with van der Waals surface area (Å²) in [6.07, 6.45) is 0.561. The Morgan fingerprint density at radius 2 is 2.00 bits per heavy atom. The van der Waals surface area contributed by atoms with Crippen molar-refractivity contribution in [2.75, 3.05) is 6.61 Å². The summed E-state index contributed by atoms with van der Waals surface area (Å²) < 4.78 is 4.73. The van der Waals surface area contributed by atoms with Crippen LogP contribution in [0.15, 0.2) is 0 Å². The lowest BCUT2D eigenvalue weighted by Gasteiger charge is -2.23. The lowest BCUT2D eigenvalue weighted by molar-refractivity contribution is 0.141. The van der Waals surface area contributed by atoms with Gasteiger partial charge in [-0.15, -0.1) is 0 Å². The zero-order chi connectivity index (χ0) is 8.91. The van der Waals surface area contributed by atoms with Crippen molar-refractivity contribution in [3.63, 3.8) is 0 Å². The first kappa shape index (κ1) is 10.3. The molecule has 0 aromatic rings. The minimum atomic E-state index is -0.334. The maximum absolute atomic E-state index is 10.9. The van der Waals surface area contributed by atoms with E-state index in [-0.39, 0.29) is 11.6 Å². The summed E-state index contributed by atoms with van der Waals surface area (Å²) in [5.74, 6) is 0. The maximum atomic E-state index is 10.9. The van der Waals surface area contributed by atoms with Gasteiger partial charge >= 0.3 is 6.09 Å². The smallest absolute Gasteiger partial charge is 0.407 e. The molecule has 0 fully saturated rings. The second kappa shape index (κ2) is 4.21. The van der Waals surface area contributed by atoms with Crippen LogP contribution in [0.5, 0.6) is 0 Å². The Morgan fingerprint density at radius 3 is 2.36 bits per heavy atom. The topological polar surface area (TPSA) is 38.3 Å². The molecule has 0 atom stereocenters. The summed E-state index contributed by atoms with van der Waals surface area (Å²) >= 11 is 0. The summed E-state index contributed by atoms with van der Waals surface area (Å²) in [4.78, 5) is 10.9. The minimum absolute atomic E-state index is 0.160. The molecular weight excluding hydrogens is 142 g/mol. The summed E-state index contributed by atoms with van der Waals surface area (Å²) in [5, 5.41) is 2.75. The summed E-state index contributed by atoms with van der Waals surface area (Å²) in [5.41, 5.74) is -0.160. The first-order chi connectivity index (χ1) is 5.02. The lowest BCUT2D eigenvalue weighted by atomic mass is 10.0. The number of hydrogen-bond acceptors (Lipinski definition) is 2. The Balaban J connectivity index is 3.74. The van der Waals surface area contributed by atoms with Crippen molar-refractivity contribution >= 4 is 6.09 Å². The highest BCUT2D eigenvalue weighted by Gasteiger charge is 2.17. The molecular formula is C8H17NO2. The molecule has 1 N–H and O–H groups in total. The third-order valence-corrected chi connectivity index (χ3v) is 1.60. The van der Waals surface area contributed by atoms with Crippen LogP contribution in [0, 0.1) is 0 Å². The number of alkyl carbamates (subject to hydrolysis) is 1. The van der Waals surface area contributed by atoms with E-state index in [2.05, 4.69) is 5.32 Å². The Kier molecular flexibility index (Phi) is 3.93. The van der Waals surface area contributed by atoms with E-state index < -0.39 is 0 Å². The highest BCUT2D eigenvalue weighted by Crippen LogP contribution is 2.06. The molecule has 3 heteroatoms. The molecule has 0 spiro atoms. The van der Waals surface area contributed by atoms with E-state index in [9.17, 15) is 4.79 Å². The second-order valence-corrected chi connectivity index (χ2v) is 3.08. The first-order valence-electron chi connectivity index (χ1n) is 3.96. The van der Waals surface area contributed by atoms with Crippen molar-refractivity contribution < 1.29 is 9.53 Å². The first-order valence-corrected chi connectivity index (χ1v) is 3.96. The van der Waals surface area contributed by atoms with Crippen LogP contribution < -0.4 is 5.32 Å². The lowest BCUT2D eigenvalue weighted by Crippen LogP contribution is -2.43. The molecule has 0 aromatic heterocycles. The van der Waals surface area contributed by atoms with Gasteiger partial charge in [0.25, 0.3) is 0 Å². The fraction of sp³-hybridized carbons (Fsp3) is 0.875. The Labute approximate surface area is 68.1 Å². The van der Waals surface area contributed by atoms with E-state index in [1.807, 2.05) is 20.8 Å².